The second kappa shape index (κ2) is 6.48. The number of anilines is 1. The van der Waals surface area contributed by atoms with E-state index < -0.39 is 11.5 Å². The van der Waals surface area contributed by atoms with Crippen LogP contribution in [-0.4, -0.2) is 33.2 Å². The van der Waals surface area contributed by atoms with Crippen molar-refractivity contribution in [1.82, 2.24) is 14.9 Å². The molecule has 1 spiro atoms. The van der Waals surface area contributed by atoms with Gasteiger partial charge in [-0.15, -0.1) is 0 Å². The quantitative estimate of drug-likeness (QED) is 0.732. The lowest BCUT2D eigenvalue weighted by Gasteiger charge is -2.34. The van der Waals surface area contributed by atoms with Crippen molar-refractivity contribution >= 4 is 17.5 Å². The maximum absolute atomic E-state index is 13.6. The van der Waals surface area contributed by atoms with Gasteiger partial charge >= 0.3 is 0 Å². The highest BCUT2D eigenvalue weighted by Crippen LogP contribution is 2.54. The van der Waals surface area contributed by atoms with Crippen LogP contribution in [0, 0.1) is 5.82 Å². The Labute approximate surface area is 166 Å². The zero-order valence-electron chi connectivity index (χ0n) is 15.4. The Kier molecular flexibility index (Phi) is 3.91. The van der Waals surface area contributed by atoms with E-state index >= 15 is 0 Å². The molecule has 2 unspecified atom stereocenters. The highest BCUT2D eigenvalue weighted by molar-refractivity contribution is 6.08. The molecule has 1 fully saturated rings. The third-order valence-corrected chi connectivity index (χ3v) is 5.84. The SMILES string of the molecule is O=C(c1cncnc1)N1CCC2(C(=O)Nc3ccccc32)C1c1ccc(F)cc1. The molecular weight excluding hydrogens is 371 g/mol. The van der Waals surface area contributed by atoms with E-state index in [9.17, 15) is 14.0 Å². The number of amides is 2. The fraction of sp³-hybridized carbons (Fsp3) is 0.182. The molecule has 0 bridgehead atoms. The molecule has 2 atom stereocenters. The molecule has 1 N–H and O–H groups in total. The summed E-state index contributed by atoms with van der Waals surface area (Å²) in [6, 6.07) is 13.0. The normalized spacial score (nSPS) is 22.6. The average Bonchev–Trinajstić information content (AvgIpc) is 3.28. The summed E-state index contributed by atoms with van der Waals surface area (Å²) >= 11 is 0. The Morgan fingerprint density at radius 1 is 1.10 bits per heavy atom. The second-order valence-corrected chi connectivity index (χ2v) is 7.30. The molecule has 144 valence electrons. The van der Waals surface area contributed by atoms with Gasteiger partial charge in [-0.1, -0.05) is 30.3 Å². The number of hydrogen-bond donors (Lipinski definition) is 1. The van der Waals surface area contributed by atoms with E-state index in [1.165, 1.54) is 30.9 Å². The largest absolute Gasteiger partial charge is 0.330 e. The minimum absolute atomic E-state index is 0.146. The fourth-order valence-corrected chi connectivity index (χ4v) is 4.59. The topological polar surface area (TPSA) is 75.2 Å². The summed E-state index contributed by atoms with van der Waals surface area (Å²) in [5.74, 6) is -0.770. The Hall–Kier alpha value is -3.61. The van der Waals surface area contributed by atoms with Crippen LogP contribution in [0.2, 0.25) is 0 Å². The van der Waals surface area contributed by atoms with Gasteiger partial charge < -0.3 is 10.2 Å². The summed E-state index contributed by atoms with van der Waals surface area (Å²) in [6.07, 6.45) is 4.76. The summed E-state index contributed by atoms with van der Waals surface area (Å²) in [4.78, 5) is 36.1. The van der Waals surface area contributed by atoms with Crippen LogP contribution in [0.15, 0.2) is 67.3 Å². The second-order valence-electron chi connectivity index (χ2n) is 7.30. The van der Waals surface area contributed by atoms with Crippen molar-refractivity contribution in [3.63, 3.8) is 0 Å². The monoisotopic (exact) mass is 388 g/mol. The van der Waals surface area contributed by atoms with E-state index in [1.54, 1.807) is 17.0 Å². The van der Waals surface area contributed by atoms with E-state index in [4.69, 9.17) is 0 Å². The summed E-state index contributed by atoms with van der Waals surface area (Å²) in [7, 11) is 0. The van der Waals surface area contributed by atoms with Gasteiger partial charge in [0.15, 0.2) is 0 Å². The van der Waals surface area contributed by atoms with Crippen molar-refractivity contribution in [2.45, 2.75) is 17.9 Å². The molecule has 1 aromatic heterocycles. The minimum Gasteiger partial charge on any atom is -0.330 e. The maximum Gasteiger partial charge on any atom is 0.257 e. The molecule has 0 radical (unpaired) electrons. The van der Waals surface area contributed by atoms with Crippen molar-refractivity contribution in [3.8, 4) is 0 Å². The van der Waals surface area contributed by atoms with Crippen LogP contribution in [-0.2, 0) is 10.2 Å². The number of nitrogens with zero attached hydrogens (tertiary/aromatic N) is 3. The molecule has 3 aromatic rings. The number of likely N-dealkylation sites (tertiary alicyclic amines) is 1. The lowest BCUT2D eigenvalue weighted by molar-refractivity contribution is -0.121. The van der Waals surface area contributed by atoms with Crippen LogP contribution in [0.5, 0.6) is 0 Å². The molecule has 3 heterocycles. The highest BCUT2D eigenvalue weighted by atomic mass is 19.1. The summed E-state index contributed by atoms with van der Waals surface area (Å²) < 4.78 is 13.6. The van der Waals surface area contributed by atoms with Gasteiger partial charge in [-0.2, -0.15) is 0 Å². The van der Waals surface area contributed by atoms with E-state index in [-0.39, 0.29) is 17.6 Å². The first-order valence-electron chi connectivity index (χ1n) is 9.34. The standard InChI is InChI=1S/C22H17FN4O2/c23-16-7-5-14(6-8-16)19-22(17-3-1-2-4-18(17)26-21(22)29)9-10-27(19)20(28)15-11-24-13-25-12-15/h1-8,11-13,19H,9-10H2,(H,26,29). The first kappa shape index (κ1) is 17.5. The van der Waals surface area contributed by atoms with Crippen molar-refractivity contribution in [2.75, 3.05) is 11.9 Å². The van der Waals surface area contributed by atoms with E-state index in [0.29, 0.717) is 24.1 Å². The molecule has 0 saturated carbocycles. The molecular formula is C22H17FN4O2. The molecule has 2 aliphatic heterocycles. The van der Waals surface area contributed by atoms with Gasteiger partial charge in [0.1, 0.15) is 17.6 Å². The van der Waals surface area contributed by atoms with Crippen molar-refractivity contribution in [2.24, 2.45) is 0 Å². The third kappa shape index (κ3) is 2.54. The van der Waals surface area contributed by atoms with Crippen molar-refractivity contribution < 1.29 is 14.0 Å². The zero-order chi connectivity index (χ0) is 20.0. The summed E-state index contributed by atoms with van der Waals surface area (Å²) in [6.45, 7) is 0.386. The van der Waals surface area contributed by atoms with Crippen LogP contribution < -0.4 is 5.32 Å². The molecule has 2 amide bonds. The fourth-order valence-electron chi connectivity index (χ4n) is 4.59. The number of aromatic nitrogens is 2. The molecule has 2 aliphatic rings. The number of halogens is 1. The smallest absolute Gasteiger partial charge is 0.257 e. The molecule has 2 aromatic carbocycles. The van der Waals surface area contributed by atoms with Crippen molar-refractivity contribution in [3.05, 3.63) is 89.8 Å². The van der Waals surface area contributed by atoms with Crippen LogP contribution in [0.3, 0.4) is 0 Å². The van der Waals surface area contributed by atoms with Gasteiger partial charge in [-0.3, -0.25) is 9.59 Å². The molecule has 7 heteroatoms. The number of fused-ring (bicyclic) bond motifs is 2. The molecule has 6 nitrogen and oxygen atoms in total. The van der Waals surface area contributed by atoms with E-state index in [0.717, 1.165) is 11.3 Å². The number of para-hydroxylation sites is 1. The predicted octanol–water partition coefficient (Wildman–Crippen LogP) is 3.09. The third-order valence-electron chi connectivity index (χ3n) is 5.84. The average molecular weight is 388 g/mol. The molecule has 5 rings (SSSR count). The number of carbonyl (C=O) groups excluding carboxylic acids is 2. The number of benzene rings is 2. The Bertz CT molecular complexity index is 1100. The van der Waals surface area contributed by atoms with Gasteiger partial charge in [0, 0.05) is 24.6 Å². The first-order chi connectivity index (χ1) is 14.1. The molecule has 0 aliphatic carbocycles. The first-order valence-corrected chi connectivity index (χ1v) is 9.34. The van der Waals surface area contributed by atoms with Crippen LogP contribution in [0.25, 0.3) is 0 Å². The summed E-state index contributed by atoms with van der Waals surface area (Å²) in [5.41, 5.74) is 1.74. The molecule has 1 saturated heterocycles. The van der Waals surface area contributed by atoms with Gasteiger partial charge in [-0.25, -0.2) is 14.4 Å². The van der Waals surface area contributed by atoms with Crippen LogP contribution in [0.1, 0.15) is 33.9 Å². The van der Waals surface area contributed by atoms with Gasteiger partial charge in [0.25, 0.3) is 5.91 Å². The minimum atomic E-state index is -0.931. The van der Waals surface area contributed by atoms with Gasteiger partial charge in [-0.05, 0) is 35.7 Å². The molecule has 29 heavy (non-hydrogen) atoms. The Balaban J connectivity index is 1.68. The van der Waals surface area contributed by atoms with Crippen molar-refractivity contribution in [1.29, 1.82) is 0 Å². The number of rotatable bonds is 2. The Morgan fingerprint density at radius 3 is 2.59 bits per heavy atom. The summed E-state index contributed by atoms with van der Waals surface area (Å²) in [5, 5.41) is 2.96. The van der Waals surface area contributed by atoms with Gasteiger partial charge in [0.2, 0.25) is 5.91 Å². The van der Waals surface area contributed by atoms with E-state index in [2.05, 4.69) is 15.3 Å². The highest BCUT2D eigenvalue weighted by Gasteiger charge is 2.59. The zero-order valence-corrected chi connectivity index (χ0v) is 15.4. The van der Waals surface area contributed by atoms with Crippen LogP contribution >= 0.6 is 0 Å². The van der Waals surface area contributed by atoms with Gasteiger partial charge in [0.05, 0.1) is 11.6 Å². The number of carbonyl (C=O) groups is 2. The van der Waals surface area contributed by atoms with E-state index in [1.807, 2.05) is 24.3 Å². The Morgan fingerprint density at radius 2 is 1.83 bits per heavy atom. The maximum atomic E-state index is 13.6. The lowest BCUT2D eigenvalue weighted by atomic mass is 9.72. The number of nitrogens with one attached hydrogen (secondary N) is 1. The lowest BCUT2D eigenvalue weighted by Crippen LogP contribution is -2.42. The van der Waals surface area contributed by atoms with Crippen LogP contribution in [0.4, 0.5) is 10.1 Å². The predicted molar refractivity (Wildman–Crippen MR) is 104 cm³/mol. The number of hydrogen-bond acceptors (Lipinski definition) is 4.